The van der Waals surface area contributed by atoms with Gasteiger partial charge < -0.3 is 15.2 Å². The van der Waals surface area contributed by atoms with E-state index in [1.807, 2.05) is 44.0 Å². The first-order valence-corrected chi connectivity index (χ1v) is 6.42. The molecule has 0 fully saturated rings. The van der Waals surface area contributed by atoms with Crippen LogP contribution in [0.5, 0.6) is 0 Å². The lowest BCUT2D eigenvalue weighted by Gasteiger charge is -2.14. The summed E-state index contributed by atoms with van der Waals surface area (Å²) in [5, 5.41) is 3.98. The smallest absolute Gasteiger partial charge is 0.266 e. The highest BCUT2D eigenvalue weighted by Crippen LogP contribution is 2.19. The molecule has 0 amide bonds. The fraction of sp³-hybridized carbons (Fsp3) is 0.429. The number of benzene rings is 1. The SMILES string of the molecule is CC(C)C(N)c1nc(N(C)Cc2ccccc2)no1. The molecule has 0 bridgehead atoms. The summed E-state index contributed by atoms with van der Waals surface area (Å²) in [4.78, 5) is 6.29. The van der Waals surface area contributed by atoms with E-state index in [9.17, 15) is 0 Å². The Labute approximate surface area is 113 Å². The summed E-state index contributed by atoms with van der Waals surface area (Å²) >= 11 is 0. The number of nitrogens with two attached hydrogens (primary N) is 1. The highest BCUT2D eigenvalue weighted by Gasteiger charge is 2.19. The van der Waals surface area contributed by atoms with Gasteiger partial charge in [0.1, 0.15) is 0 Å². The summed E-state index contributed by atoms with van der Waals surface area (Å²) < 4.78 is 5.22. The molecule has 2 N–H and O–H groups in total. The maximum absolute atomic E-state index is 5.99. The van der Waals surface area contributed by atoms with Crippen molar-refractivity contribution in [1.29, 1.82) is 0 Å². The third kappa shape index (κ3) is 3.32. The van der Waals surface area contributed by atoms with Crippen molar-refractivity contribution in [2.75, 3.05) is 11.9 Å². The van der Waals surface area contributed by atoms with Crippen LogP contribution >= 0.6 is 0 Å². The van der Waals surface area contributed by atoms with Crippen LogP contribution in [-0.4, -0.2) is 17.2 Å². The van der Waals surface area contributed by atoms with Crippen molar-refractivity contribution in [3.8, 4) is 0 Å². The van der Waals surface area contributed by atoms with Gasteiger partial charge >= 0.3 is 0 Å². The number of rotatable bonds is 5. The quantitative estimate of drug-likeness (QED) is 0.893. The second kappa shape index (κ2) is 5.84. The van der Waals surface area contributed by atoms with E-state index in [2.05, 4.69) is 22.3 Å². The fourth-order valence-corrected chi connectivity index (χ4v) is 1.73. The molecule has 0 aliphatic rings. The minimum Gasteiger partial charge on any atom is -0.337 e. The van der Waals surface area contributed by atoms with Crippen LogP contribution < -0.4 is 10.6 Å². The average Bonchev–Trinajstić information content (AvgIpc) is 2.88. The van der Waals surface area contributed by atoms with Crippen molar-refractivity contribution >= 4 is 5.95 Å². The molecule has 0 aliphatic heterocycles. The van der Waals surface area contributed by atoms with E-state index in [0.29, 0.717) is 11.8 Å². The second-order valence-corrected chi connectivity index (χ2v) is 5.04. The van der Waals surface area contributed by atoms with Crippen molar-refractivity contribution in [1.82, 2.24) is 10.1 Å². The number of hydrogen-bond donors (Lipinski definition) is 1. The van der Waals surface area contributed by atoms with Crippen LogP contribution in [0.4, 0.5) is 5.95 Å². The molecule has 1 heterocycles. The predicted octanol–water partition coefficient (Wildman–Crippen LogP) is 2.36. The molecular formula is C14H20N4O. The molecular weight excluding hydrogens is 240 g/mol. The van der Waals surface area contributed by atoms with Crippen LogP contribution in [0.25, 0.3) is 0 Å². The van der Waals surface area contributed by atoms with Crippen molar-refractivity contribution in [2.45, 2.75) is 26.4 Å². The van der Waals surface area contributed by atoms with Gasteiger partial charge in [-0.2, -0.15) is 4.98 Å². The molecule has 1 aromatic heterocycles. The Morgan fingerprint density at radius 2 is 1.95 bits per heavy atom. The zero-order valence-electron chi connectivity index (χ0n) is 11.6. The number of aromatic nitrogens is 2. The Hall–Kier alpha value is -1.88. The highest BCUT2D eigenvalue weighted by atomic mass is 16.5. The summed E-state index contributed by atoms with van der Waals surface area (Å²) in [6.07, 6.45) is 0. The molecule has 0 spiro atoms. The van der Waals surface area contributed by atoms with E-state index in [1.165, 1.54) is 5.56 Å². The van der Waals surface area contributed by atoms with Crippen LogP contribution in [0.2, 0.25) is 0 Å². The Bertz CT molecular complexity index is 509. The Balaban J connectivity index is 2.06. The fourth-order valence-electron chi connectivity index (χ4n) is 1.73. The van der Waals surface area contributed by atoms with Crippen molar-refractivity contribution in [3.63, 3.8) is 0 Å². The van der Waals surface area contributed by atoms with Gasteiger partial charge in [0.2, 0.25) is 5.89 Å². The van der Waals surface area contributed by atoms with Crippen LogP contribution in [0.3, 0.4) is 0 Å². The van der Waals surface area contributed by atoms with Crippen molar-refractivity contribution in [3.05, 3.63) is 41.8 Å². The van der Waals surface area contributed by atoms with Gasteiger partial charge in [0.15, 0.2) is 0 Å². The minimum atomic E-state index is -0.216. The van der Waals surface area contributed by atoms with Crippen molar-refractivity contribution in [2.24, 2.45) is 11.7 Å². The van der Waals surface area contributed by atoms with Crippen LogP contribution in [0.15, 0.2) is 34.9 Å². The summed E-state index contributed by atoms with van der Waals surface area (Å²) in [6.45, 7) is 4.79. The number of nitrogens with zero attached hydrogens (tertiary/aromatic N) is 3. The minimum absolute atomic E-state index is 0.216. The van der Waals surface area contributed by atoms with Gasteiger partial charge in [-0.15, -0.1) is 0 Å². The summed E-state index contributed by atoms with van der Waals surface area (Å²) in [5.41, 5.74) is 7.19. The summed E-state index contributed by atoms with van der Waals surface area (Å²) in [5.74, 6) is 1.33. The third-order valence-corrected chi connectivity index (χ3v) is 3.04. The molecule has 0 saturated carbocycles. The first-order chi connectivity index (χ1) is 9.08. The third-order valence-electron chi connectivity index (χ3n) is 3.04. The topological polar surface area (TPSA) is 68.2 Å². The predicted molar refractivity (Wildman–Crippen MR) is 74.6 cm³/mol. The van der Waals surface area contributed by atoms with Crippen molar-refractivity contribution < 1.29 is 4.52 Å². The van der Waals surface area contributed by atoms with E-state index in [1.54, 1.807) is 0 Å². The maximum Gasteiger partial charge on any atom is 0.266 e. The lowest BCUT2D eigenvalue weighted by molar-refractivity contribution is 0.324. The Kier molecular flexibility index (Phi) is 4.16. The Morgan fingerprint density at radius 1 is 1.26 bits per heavy atom. The molecule has 2 aromatic rings. The zero-order chi connectivity index (χ0) is 13.8. The monoisotopic (exact) mass is 260 g/mol. The average molecular weight is 260 g/mol. The molecule has 0 saturated heterocycles. The molecule has 2 rings (SSSR count). The lowest BCUT2D eigenvalue weighted by atomic mass is 10.1. The van der Waals surface area contributed by atoms with Gasteiger partial charge in [-0.1, -0.05) is 44.2 Å². The first-order valence-electron chi connectivity index (χ1n) is 6.42. The summed E-state index contributed by atoms with van der Waals surface area (Å²) in [6, 6.07) is 9.94. The molecule has 1 atom stereocenters. The van der Waals surface area contributed by atoms with Gasteiger partial charge in [0.05, 0.1) is 6.04 Å². The zero-order valence-corrected chi connectivity index (χ0v) is 11.6. The van der Waals surface area contributed by atoms with Gasteiger partial charge in [0, 0.05) is 13.6 Å². The van der Waals surface area contributed by atoms with E-state index in [4.69, 9.17) is 10.3 Å². The standard InChI is InChI=1S/C14H20N4O/c1-10(2)12(15)13-16-14(17-19-13)18(3)9-11-7-5-4-6-8-11/h4-8,10,12H,9,15H2,1-3H3. The van der Waals surface area contributed by atoms with E-state index >= 15 is 0 Å². The second-order valence-electron chi connectivity index (χ2n) is 5.04. The molecule has 0 radical (unpaired) electrons. The van der Waals surface area contributed by atoms with Crippen LogP contribution in [-0.2, 0) is 6.54 Å². The maximum atomic E-state index is 5.99. The van der Waals surface area contributed by atoms with E-state index in [0.717, 1.165) is 6.54 Å². The normalized spacial score (nSPS) is 12.7. The van der Waals surface area contributed by atoms with E-state index in [-0.39, 0.29) is 12.0 Å². The van der Waals surface area contributed by atoms with Crippen LogP contribution in [0.1, 0.15) is 31.3 Å². The summed E-state index contributed by atoms with van der Waals surface area (Å²) in [7, 11) is 1.93. The molecule has 5 heteroatoms. The van der Waals surface area contributed by atoms with Crippen LogP contribution in [0, 0.1) is 5.92 Å². The van der Waals surface area contributed by atoms with Gasteiger partial charge in [-0.3, -0.25) is 0 Å². The molecule has 0 aliphatic carbocycles. The van der Waals surface area contributed by atoms with Gasteiger partial charge in [-0.25, -0.2) is 0 Å². The number of anilines is 1. The molecule has 1 aromatic carbocycles. The number of hydrogen-bond acceptors (Lipinski definition) is 5. The van der Waals surface area contributed by atoms with Gasteiger partial charge in [-0.05, 0) is 16.6 Å². The van der Waals surface area contributed by atoms with E-state index < -0.39 is 0 Å². The van der Waals surface area contributed by atoms with Gasteiger partial charge in [0.25, 0.3) is 5.95 Å². The highest BCUT2D eigenvalue weighted by molar-refractivity contribution is 5.29. The lowest BCUT2D eigenvalue weighted by Crippen LogP contribution is -2.19. The molecule has 1 unspecified atom stereocenters. The molecule has 5 nitrogen and oxygen atoms in total. The first kappa shape index (κ1) is 13.5. The largest absolute Gasteiger partial charge is 0.337 e. The Morgan fingerprint density at radius 3 is 2.58 bits per heavy atom. The molecule has 19 heavy (non-hydrogen) atoms. The molecule has 102 valence electrons.